The second-order valence-electron chi connectivity index (χ2n) is 6.80. The third-order valence-corrected chi connectivity index (χ3v) is 5.02. The van der Waals surface area contributed by atoms with Crippen molar-refractivity contribution in [3.05, 3.63) is 35.9 Å². The number of hydrogen-bond donors (Lipinski definition) is 1. The lowest BCUT2D eigenvalue weighted by atomic mass is 9.96. The van der Waals surface area contributed by atoms with Crippen molar-refractivity contribution in [3.63, 3.8) is 0 Å². The summed E-state index contributed by atoms with van der Waals surface area (Å²) in [6, 6.07) is 9.77. The van der Waals surface area contributed by atoms with Crippen molar-refractivity contribution in [1.29, 1.82) is 0 Å². The van der Waals surface area contributed by atoms with E-state index in [1.54, 1.807) is 4.90 Å². The summed E-state index contributed by atoms with van der Waals surface area (Å²) < 4.78 is 5.31. The summed E-state index contributed by atoms with van der Waals surface area (Å²) in [6.45, 7) is 5.73. The van der Waals surface area contributed by atoms with Gasteiger partial charge in [-0.15, -0.1) is 0 Å². The van der Waals surface area contributed by atoms with Gasteiger partial charge in [0.15, 0.2) is 0 Å². The van der Waals surface area contributed by atoms with Crippen molar-refractivity contribution < 1.29 is 14.3 Å². The lowest BCUT2D eigenvalue weighted by Gasteiger charge is -2.36. The van der Waals surface area contributed by atoms with Gasteiger partial charge in [-0.05, 0) is 25.3 Å². The zero-order chi connectivity index (χ0) is 17.6. The van der Waals surface area contributed by atoms with Crippen LogP contribution in [0.1, 0.15) is 31.4 Å². The molecule has 136 valence electrons. The fraction of sp³-hybridized carbons (Fsp3) is 0.579. The summed E-state index contributed by atoms with van der Waals surface area (Å²) in [6.07, 6.45) is 1.72. The molecule has 0 saturated carbocycles. The van der Waals surface area contributed by atoms with Crippen LogP contribution in [-0.2, 0) is 9.53 Å². The van der Waals surface area contributed by atoms with Gasteiger partial charge in [-0.3, -0.25) is 4.79 Å². The van der Waals surface area contributed by atoms with Crippen molar-refractivity contribution in [2.24, 2.45) is 5.92 Å². The van der Waals surface area contributed by atoms with E-state index < -0.39 is 0 Å². The van der Waals surface area contributed by atoms with Gasteiger partial charge in [0, 0.05) is 26.2 Å². The number of nitrogens with one attached hydrogen (secondary N) is 1. The van der Waals surface area contributed by atoms with E-state index in [4.69, 9.17) is 4.74 Å². The van der Waals surface area contributed by atoms with Crippen LogP contribution in [0.5, 0.6) is 0 Å². The minimum absolute atomic E-state index is 0.0518. The lowest BCUT2D eigenvalue weighted by molar-refractivity contribution is -0.141. The molecule has 2 aliphatic heterocycles. The predicted molar refractivity (Wildman–Crippen MR) is 95.1 cm³/mol. The van der Waals surface area contributed by atoms with Gasteiger partial charge in [0.1, 0.15) is 0 Å². The van der Waals surface area contributed by atoms with E-state index in [-0.39, 0.29) is 23.9 Å². The normalized spacial score (nSPS) is 22.4. The monoisotopic (exact) mass is 345 g/mol. The highest BCUT2D eigenvalue weighted by Crippen LogP contribution is 2.20. The van der Waals surface area contributed by atoms with E-state index in [1.807, 2.05) is 42.2 Å². The first-order valence-electron chi connectivity index (χ1n) is 9.12. The fourth-order valence-electron chi connectivity index (χ4n) is 3.51. The van der Waals surface area contributed by atoms with Crippen LogP contribution >= 0.6 is 0 Å². The summed E-state index contributed by atoms with van der Waals surface area (Å²) in [5, 5.41) is 3.05. The average Bonchev–Trinajstić information content (AvgIpc) is 2.68. The first-order valence-corrected chi connectivity index (χ1v) is 9.12. The number of urea groups is 1. The number of amides is 3. The average molecular weight is 345 g/mol. The molecule has 2 fully saturated rings. The smallest absolute Gasteiger partial charge is 0.317 e. The molecule has 1 aromatic rings. The van der Waals surface area contributed by atoms with E-state index in [1.165, 1.54) is 0 Å². The molecule has 2 saturated heterocycles. The minimum Gasteiger partial charge on any atom is -0.378 e. The molecule has 6 nitrogen and oxygen atoms in total. The van der Waals surface area contributed by atoms with E-state index in [9.17, 15) is 9.59 Å². The second-order valence-corrected chi connectivity index (χ2v) is 6.80. The standard InChI is InChI=1S/C19H27N3O3/c1-15(16-6-3-2-4-7-16)20-19(24)22-9-5-8-17(14-22)18(23)21-10-12-25-13-11-21/h2-4,6-7,15,17H,5,8-14H2,1H3,(H,20,24)/t15-,17+/m0/s1. The minimum atomic E-state index is -0.0929. The number of piperidine rings is 1. The number of hydrogen-bond acceptors (Lipinski definition) is 3. The third kappa shape index (κ3) is 4.51. The molecule has 0 radical (unpaired) electrons. The Morgan fingerprint density at radius 2 is 1.84 bits per heavy atom. The molecule has 0 unspecified atom stereocenters. The molecule has 6 heteroatoms. The number of likely N-dealkylation sites (tertiary alicyclic amines) is 1. The summed E-state index contributed by atoms with van der Waals surface area (Å²) in [5.41, 5.74) is 1.08. The largest absolute Gasteiger partial charge is 0.378 e. The van der Waals surface area contributed by atoms with Crippen LogP contribution < -0.4 is 5.32 Å². The SMILES string of the molecule is C[C@H](NC(=O)N1CCC[C@@H](C(=O)N2CCOCC2)C1)c1ccccc1. The first kappa shape index (κ1) is 17.7. The number of nitrogens with zero attached hydrogens (tertiary/aromatic N) is 2. The van der Waals surface area contributed by atoms with Gasteiger partial charge in [-0.25, -0.2) is 4.79 Å². The molecule has 0 spiro atoms. The molecule has 0 aromatic heterocycles. The van der Waals surface area contributed by atoms with Crippen LogP contribution in [0.2, 0.25) is 0 Å². The highest BCUT2D eigenvalue weighted by Gasteiger charge is 2.32. The summed E-state index contributed by atoms with van der Waals surface area (Å²) in [5.74, 6) is 0.0709. The summed E-state index contributed by atoms with van der Waals surface area (Å²) in [7, 11) is 0. The molecule has 1 N–H and O–H groups in total. The zero-order valence-corrected chi connectivity index (χ0v) is 14.8. The van der Waals surface area contributed by atoms with Crippen LogP contribution in [0.25, 0.3) is 0 Å². The Kier molecular flexibility index (Phi) is 5.91. The van der Waals surface area contributed by atoms with Gasteiger partial charge in [0.25, 0.3) is 0 Å². The van der Waals surface area contributed by atoms with Gasteiger partial charge in [0.05, 0.1) is 25.2 Å². The number of carbonyl (C=O) groups is 2. The van der Waals surface area contributed by atoms with Crippen molar-refractivity contribution in [2.75, 3.05) is 39.4 Å². The van der Waals surface area contributed by atoms with Gasteiger partial charge in [0.2, 0.25) is 5.91 Å². The Balaban J connectivity index is 1.55. The second kappa shape index (κ2) is 8.34. The Hall–Kier alpha value is -2.08. The molecule has 25 heavy (non-hydrogen) atoms. The molecular weight excluding hydrogens is 318 g/mol. The predicted octanol–water partition coefficient (Wildman–Crippen LogP) is 2.03. The molecule has 3 rings (SSSR count). The highest BCUT2D eigenvalue weighted by molar-refractivity contribution is 5.81. The molecule has 2 aliphatic rings. The molecule has 2 atom stereocenters. The van der Waals surface area contributed by atoms with Crippen LogP contribution in [0.4, 0.5) is 4.79 Å². The Bertz CT molecular complexity index is 587. The fourth-order valence-corrected chi connectivity index (χ4v) is 3.51. The number of ether oxygens (including phenoxy) is 1. The molecule has 2 heterocycles. The van der Waals surface area contributed by atoms with Crippen molar-refractivity contribution in [2.45, 2.75) is 25.8 Å². The Morgan fingerprint density at radius 1 is 1.12 bits per heavy atom. The third-order valence-electron chi connectivity index (χ3n) is 5.02. The topological polar surface area (TPSA) is 61.9 Å². The van der Waals surface area contributed by atoms with Gasteiger partial charge >= 0.3 is 6.03 Å². The van der Waals surface area contributed by atoms with Gasteiger partial charge in [-0.2, -0.15) is 0 Å². The summed E-state index contributed by atoms with van der Waals surface area (Å²) in [4.78, 5) is 28.9. The number of rotatable bonds is 3. The zero-order valence-electron chi connectivity index (χ0n) is 14.8. The number of benzene rings is 1. The first-order chi connectivity index (χ1) is 12.1. The van der Waals surface area contributed by atoms with Crippen LogP contribution in [-0.4, -0.2) is 61.1 Å². The van der Waals surface area contributed by atoms with Gasteiger partial charge < -0.3 is 19.9 Å². The molecule has 0 aliphatic carbocycles. The maximum absolute atomic E-state index is 12.7. The highest BCUT2D eigenvalue weighted by atomic mass is 16.5. The van der Waals surface area contributed by atoms with Crippen LogP contribution in [0, 0.1) is 5.92 Å². The van der Waals surface area contributed by atoms with E-state index in [2.05, 4.69) is 5.32 Å². The van der Waals surface area contributed by atoms with Crippen molar-refractivity contribution >= 4 is 11.9 Å². The Morgan fingerprint density at radius 3 is 2.56 bits per heavy atom. The van der Waals surface area contributed by atoms with Crippen molar-refractivity contribution in [1.82, 2.24) is 15.1 Å². The number of carbonyl (C=O) groups excluding carboxylic acids is 2. The quantitative estimate of drug-likeness (QED) is 0.912. The maximum Gasteiger partial charge on any atom is 0.317 e. The van der Waals surface area contributed by atoms with Crippen molar-refractivity contribution in [3.8, 4) is 0 Å². The molecule has 0 bridgehead atoms. The van der Waals surface area contributed by atoms with E-state index in [0.29, 0.717) is 39.4 Å². The maximum atomic E-state index is 12.7. The summed E-state index contributed by atoms with van der Waals surface area (Å²) >= 11 is 0. The van der Waals surface area contributed by atoms with E-state index in [0.717, 1.165) is 18.4 Å². The van der Waals surface area contributed by atoms with Gasteiger partial charge in [-0.1, -0.05) is 30.3 Å². The molecule has 1 aromatic carbocycles. The molecular formula is C19H27N3O3. The molecule has 3 amide bonds. The van der Waals surface area contributed by atoms with Crippen LogP contribution in [0.3, 0.4) is 0 Å². The van der Waals surface area contributed by atoms with Crippen LogP contribution in [0.15, 0.2) is 30.3 Å². The van der Waals surface area contributed by atoms with E-state index >= 15 is 0 Å². The lowest BCUT2D eigenvalue weighted by Crippen LogP contribution is -2.51. The Labute approximate surface area is 149 Å². The number of morpholine rings is 1.